The van der Waals surface area contributed by atoms with Crippen LogP contribution in [0.5, 0.6) is 0 Å². The fourth-order valence-corrected chi connectivity index (χ4v) is 2.28. The van der Waals surface area contributed by atoms with Crippen LogP contribution in [0.25, 0.3) is 11.1 Å². The second kappa shape index (κ2) is 5.73. The number of rotatable bonds is 1. The van der Waals surface area contributed by atoms with Gasteiger partial charge in [0.25, 0.3) is 0 Å². The van der Waals surface area contributed by atoms with Gasteiger partial charge in [-0.15, -0.1) is 6.42 Å². The summed E-state index contributed by atoms with van der Waals surface area (Å²) in [5.74, 6) is 3.02. The quantitative estimate of drug-likeness (QED) is 0.648. The molecule has 0 spiro atoms. The Morgan fingerprint density at radius 2 is 2.09 bits per heavy atom. The van der Waals surface area contributed by atoms with E-state index in [0.29, 0.717) is 17.9 Å². The molecule has 1 aliphatic carbocycles. The van der Waals surface area contributed by atoms with Crippen molar-refractivity contribution in [3.05, 3.63) is 42.4 Å². The van der Waals surface area contributed by atoms with Crippen molar-refractivity contribution in [2.24, 2.45) is 0 Å². The fraction of sp³-hybridized carbons (Fsp3) is 0.278. The highest BCUT2D eigenvalue weighted by atomic mass is 16.6. The summed E-state index contributed by atoms with van der Waals surface area (Å²) in [7, 11) is 0. The lowest BCUT2D eigenvalue weighted by Crippen LogP contribution is -2.47. The summed E-state index contributed by atoms with van der Waals surface area (Å²) in [6.07, 6.45) is 11.1. The number of aromatic nitrogens is 2. The summed E-state index contributed by atoms with van der Waals surface area (Å²) in [5.41, 5.74) is 2.81. The highest BCUT2D eigenvalue weighted by Gasteiger charge is 2.34. The lowest BCUT2D eigenvalue weighted by atomic mass is 10.0. The Bertz CT molecular complexity index is 776. The summed E-state index contributed by atoms with van der Waals surface area (Å²) >= 11 is 0. The third-order valence-electron chi connectivity index (χ3n) is 3.71. The van der Waals surface area contributed by atoms with E-state index in [1.807, 2.05) is 26.2 Å². The van der Waals surface area contributed by atoms with E-state index in [-0.39, 0.29) is 0 Å². The maximum Gasteiger partial charge on any atom is 0.416 e. The van der Waals surface area contributed by atoms with Gasteiger partial charge in [-0.2, -0.15) is 0 Å². The predicted octanol–water partition coefficient (Wildman–Crippen LogP) is 3.25. The topological polar surface area (TPSA) is 55.3 Å². The SMILES string of the molecule is C#Cc1cccnc1N1CCC(C)(C)OC1=O.c1ncc2cc1-2. The lowest BCUT2D eigenvalue weighted by molar-refractivity contribution is 0.0234. The smallest absolute Gasteiger partial charge is 0.416 e. The summed E-state index contributed by atoms with van der Waals surface area (Å²) in [6, 6.07) is 5.61. The number of fused-ring (bicyclic) bond motifs is 1. The number of carbonyl (C=O) groups excluding carboxylic acids is 1. The van der Waals surface area contributed by atoms with Gasteiger partial charge >= 0.3 is 6.09 Å². The molecule has 0 N–H and O–H groups in total. The highest BCUT2D eigenvalue weighted by Crippen LogP contribution is 2.30. The molecule has 1 amide bonds. The molecular weight excluding hydrogens is 290 g/mol. The first-order chi connectivity index (χ1) is 11.0. The Morgan fingerprint density at radius 3 is 2.61 bits per heavy atom. The van der Waals surface area contributed by atoms with Crippen molar-refractivity contribution in [1.82, 2.24) is 9.97 Å². The molecule has 3 heterocycles. The average Bonchev–Trinajstić information content (AvgIpc) is 3.13. The molecular formula is C18H17N3O2. The van der Waals surface area contributed by atoms with Gasteiger partial charge in [0.1, 0.15) is 5.60 Å². The number of anilines is 1. The Hall–Kier alpha value is -2.87. The minimum absolute atomic E-state index is 0.392. The first kappa shape index (κ1) is 15.0. The van der Waals surface area contributed by atoms with Gasteiger partial charge in [0.2, 0.25) is 0 Å². The van der Waals surface area contributed by atoms with Crippen LogP contribution in [0, 0.1) is 12.3 Å². The molecule has 4 rings (SSSR count). The molecule has 5 heteroatoms. The monoisotopic (exact) mass is 307 g/mol. The van der Waals surface area contributed by atoms with Crippen molar-refractivity contribution in [2.45, 2.75) is 25.9 Å². The molecule has 0 aromatic carbocycles. The van der Waals surface area contributed by atoms with Crippen molar-refractivity contribution in [1.29, 1.82) is 0 Å². The first-order valence-corrected chi connectivity index (χ1v) is 7.38. The summed E-state index contributed by atoms with van der Waals surface area (Å²) in [6.45, 7) is 4.35. The Morgan fingerprint density at radius 1 is 1.35 bits per heavy atom. The summed E-state index contributed by atoms with van der Waals surface area (Å²) < 4.78 is 5.32. The molecule has 1 aromatic heterocycles. The van der Waals surface area contributed by atoms with Crippen LogP contribution in [-0.4, -0.2) is 28.2 Å². The minimum Gasteiger partial charge on any atom is -0.443 e. The average molecular weight is 307 g/mol. The molecule has 2 aliphatic heterocycles. The van der Waals surface area contributed by atoms with E-state index in [2.05, 4.69) is 22.0 Å². The van der Waals surface area contributed by atoms with Crippen LogP contribution in [0.2, 0.25) is 0 Å². The number of pyridine rings is 2. The molecule has 0 radical (unpaired) electrons. The van der Waals surface area contributed by atoms with Gasteiger partial charge in [0, 0.05) is 42.7 Å². The van der Waals surface area contributed by atoms with Crippen LogP contribution in [0.3, 0.4) is 0 Å². The fourth-order valence-electron chi connectivity index (χ4n) is 2.28. The first-order valence-electron chi connectivity index (χ1n) is 7.38. The lowest BCUT2D eigenvalue weighted by Gasteiger charge is -2.36. The largest absolute Gasteiger partial charge is 0.443 e. The number of carbonyl (C=O) groups is 1. The Kier molecular flexibility index (Phi) is 3.75. The maximum atomic E-state index is 11.9. The van der Waals surface area contributed by atoms with E-state index in [1.54, 1.807) is 18.3 Å². The number of hydrogen-bond donors (Lipinski definition) is 0. The van der Waals surface area contributed by atoms with E-state index in [0.717, 1.165) is 6.42 Å². The summed E-state index contributed by atoms with van der Waals surface area (Å²) in [5, 5.41) is 0. The second-order valence-electron chi connectivity index (χ2n) is 6.01. The number of terminal acetylenes is 1. The number of amides is 1. The van der Waals surface area contributed by atoms with Gasteiger partial charge in [-0.3, -0.25) is 9.88 Å². The second-order valence-corrected chi connectivity index (χ2v) is 6.01. The normalized spacial score (nSPS) is 16.6. The minimum atomic E-state index is -0.418. The van der Waals surface area contributed by atoms with Crippen LogP contribution < -0.4 is 4.90 Å². The molecule has 23 heavy (non-hydrogen) atoms. The molecule has 0 bridgehead atoms. The molecule has 116 valence electrons. The zero-order valence-corrected chi connectivity index (χ0v) is 13.1. The number of hydrogen-bond acceptors (Lipinski definition) is 4. The zero-order chi connectivity index (χ0) is 16.4. The zero-order valence-electron chi connectivity index (χ0n) is 13.1. The van der Waals surface area contributed by atoms with Gasteiger partial charge in [-0.05, 0) is 32.0 Å². The number of cyclic esters (lactones) is 1. The van der Waals surface area contributed by atoms with E-state index in [1.165, 1.54) is 16.0 Å². The molecule has 1 saturated heterocycles. The molecule has 1 aromatic rings. The van der Waals surface area contributed by atoms with Crippen LogP contribution in [0.1, 0.15) is 25.8 Å². The van der Waals surface area contributed by atoms with Crippen LogP contribution >= 0.6 is 0 Å². The van der Waals surface area contributed by atoms with Gasteiger partial charge in [0.15, 0.2) is 5.82 Å². The maximum absolute atomic E-state index is 11.9. The van der Waals surface area contributed by atoms with E-state index >= 15 is 0 Å². The molecule has 1 fully saturated rings. The van der Waals surface area contributed by atoms with Crippen molar-refractivity contribution in [2.75, 3.05) is 11.4 Å². The number of nitrogens with zero attached hydrogens (tertiary/aromatic N) is 3. The van der Waals surface area contributed by atoms with Crippen molar-refractivity contribution >= 4 is 11.9 Å². The van der Waals surface area contributed by atoms with Gasteiger partial charge in [-0.25, -0.2) is 9.78 Å². The summed E-state index contributed by atoms with van der Waals surface area (Å²) in [4.78, 5) is 21.4. The standard InChI is InChI=1S/C13H14N2O2.C5H3N/c1-4-10-6-5-8-14-11(10)15-9-7-13(2,3)17-12(15)16;1-4-2-6-3-5(1)4/h1,5-6,8H,7,9H2,2-3H3;1-3H. The predicted molar refractivity (Wildman–Crippen MR) is 87.9 cm³/mol. The number of ether oxygens (including phenoxy) is 1. The van der Waals surface area contributed by atoms with E-state index in [4.69, 9.17) is 11.2 Å². The molecule has 0 atom stereocenters. The molecule has 0 saturated carbocycles. The van der Waals surface area contributed by atoms with Crippen LogP contribution in [-0.2, 0) is 4.74 Å². The third kappa shape index (κ3) is 3.32. The van der Waals surface area contributed by atoms with E-state index < -0.39 is 11.7 Å². The van der Waals surface area contributed by atoms with E-state index in [9.17, 15) is 4.79 Å². The van der Waals surface area contributed by atoms with Gasteiger partial charge in [0.05, 0.1) is 5.56 Å². The molecule has 5 nitrogen and oxygen atoms in total. The van der Waals surface area contributed by atoms with Gasteiger partial charge < -0.3 is 4.74 Å². The molecule has 3 aliphatic rings. The highest BCUT2D eigenvalue weighted by molar-refractivity contribution is 5.89. The Labute approximate surface area is 135 Å². The molecule has 0 unspecified atom stereocenters. The van der Waals surface area contributed by atoms with Crippen molar-refractivity contribution in [3.63, 3.8) is 0 Å². The van der Waals surface area contributed by atoms with Gasteiger partial charge in [-0.1, -0.05) is 5.92 Å². The van der Waals surface area contributed by atoms with Crippen molar-refractivity contribution < 1.29 is 9.53 Å². The van der Waals surface area contributed by atoms with Crippen LogP contribution in [0.4, 0.5) is 10.6 Å². The Balaban J connectivity index is 0.000000213. The van der Waals surface area contributed by atoms with Crippen molar-refractivity contribution in [3.8, 4) is 23.5 Å². The van der Waals surface area contributed by atoms with Crippen LogP contribution in [0.15, 0.2) is 36.8 Å². The third-order valence-corrected chi connectivity index (χ3v) is 3.71.